The molecule has 0 saturated carbocycles. The average Bonchev–Trinajstić information content (AvgIpc) is 1.35. The number of carbonyl (C=O) groups is 1. The Labute approximate surface area is 62.4 Å². The predicted molar refractivity (Wildman–Crippen MR) is 13.6 cm³/mol. The van der Waals surface area contributed by atoms with Crippen LogP contribution in [0.15, 0.2) is 0 Å². The molecule has 0 aromatic rings. The van der Waals surface area contributed by atoms with Crippen molar-refractivity contribution in [1.29, 1.82) is 0 Å². The molecular weight excluding hydrogens is 111 g/mol. The standard InChI is InChI=1S/C2H4O4.Na/c3-1-6-2(4)5;/h3H,1H2,(H,4,5);/q;+1/p-1. The van der Waals surface area contributed by atoms with Crippen molar-refractivity contribution in [2.24, 2.45) is 0 Å². The number of ether oxygens (including phenoxy) is 1. The molecule has 0 aromatic carbocycles. The summed E-state index contributed by atoms with van der Waals surface area (Å²) in [5, 5.41) is 16.7. The second-order valence-electron chi connectivity index (χ2n) is 0.523. The summed E-state index contributed by atoms with van der Waals surface area (Å²) in [6.07, 6.45) is -1.71. The molecule has 0 spiro atoms. The molecule has 0 heterocycles. The molecule has 0 bridgehead atoms. The smallest absolute Gasteiger partial charge is 0.524 e. The maximum atomic E-state index is 9.11. The first kappa shape index (κ1) is 10.3. The molecule has 7 heavy (non-hydrogen) atoms. The molecule has 0 unspecified atom stereocenters. The van der Waals surface area contributed by atoms with Gasteiger partial charge in [0.2, 0.25) is 0 Å². The third-order valence-electron chi connectivity index (χ3n) is 0.182. The molecular formula is C2H3NaO4. The second kappa shape index (κ2) is 6.23. The van der Waals surface area contributed by atoms with E-state index in [0.717, 1.165) is 0 Å². The third-order valence-corrected chi connectivity index (χ3v) is 0.182. The molecule has 4 nitrogen and oxygen atoms in total. The largest absolute Gasteiger partial charge is 1.00 e. The van der Waals surface area contributed by atoms with Gasteiger partial charge in [-0.05, 0) is 0 Å². The summed E-state index contributed by atoms with van der Waals surface area (Å²) in [6, 6.07) is 0. The van der Waals surface area contributed by atoms with Crippen molar-refractivity contribution in [3.05, 3.63) is 0 Å². The van der Waals surface area contributed by atoms with Gasteiger partial charge < -0.3 is 19.7 Å². The Morgan fingerprint density at radius 3 is 2.29 bits per heavy atom. The van der Waals surface area contributed by atoms with Crippen LogP contribution in [0.5, 0.6) is 0 Å². The zero-order valence-electron chi connectivity index (χ0n) is 3.88. The van der Waals surface area contributed by atoms with Crippen LogP contribution in [0.25, 0.3) is 0 Å². The molecule has 0 aliphatic rings. The first-order valence-electron chi connectivity index (χ1n) is 1.22. The van der Waals surface area contributed by atoms with E-state index in [9.17, 15) is 0 Å². The predicted octanol–water partition coefficient (Wildman–Crippen LogP) is -4.70. The van der Waals surface area contributed by atoms with Gasteiger partial charge in [-0.15, -0.1) is 0 Å². The van der Waals surface area contributed by atoms with E-state index in [4.69, 9.17) is 15.0 Å². The van der Waals surface area contributed by atoms with Crippen LogP contribution in [-0.2, 0) is 4.74 Å². The van der Waals surface area contributed by atoms with E-state index in [-0.39, 0.29) is 29.6 Å². The van der Waals surface area contributed by atoms with Crippen molar-refractivity contribution in [1.82, 2.24) is 0 Å². The molecule has 5 heteroatoms. The van der Waals surface area contributed by atoms with E-state index >= 15 is 0 Å². The molecule has 0 atom stereocenters. The summed E-state index contributed by atoms with van der Waals surface area (Å²) in [4.78, 5) is 9.11. The van der Waals surface area contributed by atoms with E-state index in [2.05, 4.69) is 4.74 Å². The Morgan fingerprint density at radius 1 is 1.86 bits per heavy atom. The number of carbonyl (C=O) groups excluding carboxylic acids is 1. The van der Waals surface area contributed by atoms with Crippen LogP contribution >= 0.6 is 0 Å². The molecule has 0 aliphatic heterocycles. The maximum Gasteiger partial charge on any atom is 1.00 e. The Morgan fingerprint density at radius 2 is 2.29 bits per heavy atom. The Kier molecular flexibility index (Phi) is 9.13. The number of hydrogen-bond acceptors (Lipinski definition) is 4. The fourth-order valence-electron chi connectivity index (χ4n) is 0.0527. The molecule has 0 aliphatic carbocycles. The van der Waals surface area contributed by atoms with Gasteiger partial charge in [-0.3, -0.25) is 0 Å². The van der Waals surface area contributed by atoms with Gasteiger partial charge in [0.25, 0.3) is 6.16 Å². The van der Waals surface area contributed by atoms with Crippen LogP contribution in [0, 0.1) is 0 Å². The van der Waals surface area contributed by atoms with Crippen molar-refractivity contribution in [3.63, 3.8) is 0 Å². The van der Waals surface area contributed by atoms with E-state index < -0.39 is 12.9 Å². The topological polar surface area (TPSA) is 69.6 Å². The van der Waals surface area contributed by atoms with Gasteiger partial charge in [0.05, 0.1) is 0 Å². The molecule has 0 rings (SSSR count). The van der Waals surface area contributed by atoms with E-state index in [1.807, 2.05) is 0 Å². The Bertz CT molecular complexity index is 53.7. The van der Waals surface area contributed by atoms with Crippen LogP contribution in [-0.4, -0.2) is 18.1 Å². The summed E-state index contributed by atoms with van der Waals surface area (Å²) in [7, 11) is 0. The summed E-state index contributed by atoms with van der Waals surface area (Å²) in [6.45, 7) is -0.831. The summed E-state index contributed by atoms with van der Waals surface area (Å²) >= 11 is 0. The molecule has 0 fully saturated rings. The number of rotatable bonds is 1. The molecule has 1 N–H and O–H groups in total. The van der Waals surface area contributed by atoms with Gasteiger partial charge in [0.15, 0.2) is 0 Å². The Balaban J connectivity index is 0. The van der Waals surface area contributed by atoms with Crippen molar-refractivity contribution in [3.8, 4) is 0 Å². The summed E-state index contributed by atoms with van der Waals surface area (Å²) in [5.41, 5.74) is 0. The van der Waals surface area contributed by atoms with Crippen molar-refractivity contribution < 1.29 is 49.3 Å². The average molecular weight is 114 g/mol. The summed E-state index contributed by atoms with van der Waals surface area (Å²) in [5.74, 6) is 0. The number of aliphatic hydroxyl groups is 1. The van der Waals surface area contributed by atoms with Gasteiger partial charge >= 0.3 is 29.6 Å². The van der Waals surface area contributed by atoms with Crippen LogP contribution < -0.4 is 34.7 Å². The second-order valence-corrected chi connectivity index (χ2v) is 0.523. The van der Waals surface area contributed by atoms with Crippen molar-refractivity contribution >= 4 is 6.16 Å². The molecule has 0 aromatic heterocycles. The number of carboxylic acid groups (broad SMARTS) is 1. The third kappa shape index (κ3) is 10.7. The van der Waals surface area contributed by atoms with Gasteiger partial charge in [0, 0.05) is 0 Å². The first-order chi connectivity index (χ1) is 2.77. The van der Waals surface area contributed by atoms with Crippen LogP contribution in [0.2, 0.25) is 0 Å². The van der Waals surface area contributed by atoms with Gasteiger partial charge in [-0.25, -0.2) is 0 Å². The van der Waals surface area contributed by atoms with Gasteiger partial charge in [-0.1, -0.05) is 0 Å². The monoisotopic (exact) mass is 114 g/mol. The quantitative estimate of drug-likeness (QED) is 0.211. The van der Waals surface area contributed by atoms with E-state index in [1.54, 1.807) is 0 Å². The minimum absolute atomic E-state index is 0. The van der Waals surface area contributed by atoms with Crippen LogP contribution in [0.1, 0.15) is 0 Å². The number of aliphatic hydroxyl groups excluding tert-OH is 1. The van der Waals surface area contributed by atoms with Gasteiger partial charge in [-0.2, -0.15) is 0 Å². The fraction of sp³-hybridized carbons (Fsp3) is 0.500. The molecule has 0 amide bonds. The van der Waals surface area contributed by atoms with Crippen molar-refractivity contribution in [2.75, 3.05) is 6.79 Å². The maximum absolute atomic E-state index is 9.11. The molecule has 0 saturated heterocycles. The molecule has 36 valence electrons. The van der Waals surface area contributed by atoms with E-state index in [0.29, 0.717) is 0 Å². The minimum Gasteiger partial charge on any atom is -0.524 e. The minimum atomic E-state index is -1.71. The van der Waals surface area contributed by atoms with Crippen LogP contribution in [0.3, 0.4) is 0 Å². The number of hydrogen-bond donors (Lipinski definition) is 1. The van der Waals surface area contributed by atoms with E-state index in [1.165, 1.54) is 0 Å². The normalized spacial score (nSPS) is 6.43. The SMILES string of the molecule is O=C([O-])OCO.[Na+]. The Hall–Kier alpha value is 0.230. The molecule has 0 radical (unpaired) electrons. The fourth-order valence-corrected chi connectivity index (χ4v) is 0.0527. The summed E-state index contributed by atoms with van der Waals surface area (Å²) < 4.78 is 3.40. The zero-order valence-corrected chi connectivity index (χ0v) is 5.88. The zero-order chi connectivity index (χ0) is 4.99. The first-order valence-corrected chi connectivity index (χ1v) is 1.22. The van der Waals surface area contributed by atoms with Gasteiger partial charge in [0.1, 0.15) is 6.79 Å². The van der Waals surface area contributed by atoms with Crippen LogP contribution in [0.4, 0.5) is 4.79 Å². The van der Waals surface area contributed by atoms with Crippen molar-refractivity contribution in [2.45, 2.75) is 0 Å².